The van der Waals surface area contributed by atoms with E-state index in [4.69, 9.17) is 23.2 Å². The normalized spacial score (nSPS) is 12.0. The maximum absolute atomic E-state index is 14.0. The third kappa shape index (κ3) is 7.75. The van der Waals surface area contributed by atoms with Crippen molar-refractivity contribution in [2.24, 2.45) is 0 Å². The van der Waals surface area contributed by atoms with Crippen LogP contribution in [-0.4, -0.2) is 44.3 Å². The zero-order valence-electron chi connectivity index (χ0n) is 22.2. The fourth-order valence-electron chi connectivity index (χ4n) is 4.15. The zero-order valence-corrected chi connectivity index (χ0v) is 24.6. The van der Waals surface area contributed by atoms with Crippen LogP contribution < -0.4 is 9.62 Å². The number of benzene rings is 3. The van der Waals surface area contributed by atoms with E-state index >= 15 is 0 Å². The van der Waals surface area contributed by atoms with Gasteiger partial charge in [0.1, 0.15) is 12.6 Å². The van der Waals surface area contributed by atoms with E-state index in [9.17, 15) is 18.0 Å². The van der Waals surface area contributed by atoms with Crippen molar-refractivity contribution in [3.05, 3.63) is 94.0 Å². The highest BCUT2D eigenvalue weighted by Crippen LogP contribution is 2.28. The summed E-state index contributed by atoms with van der Waals surface area (Å²) in [6.07, 6.45) is 1.10. The largest absolute Gasteiger partial charge is 0.354 e. The fraction of sp³-hybridized carbons (Fsp3) is 0.310. The molecule has 3 aromatic carbocycles. The highest BCUT2D eigenvalue weighted by Gasteiger charge is 2.33. The van der Waals surface area contributed by atoms with Crippen LogP contribution in [0.5, 0.6) is 0 Å². The molecule has 1 unspecified atom stereocenters. The monoisotopic (exact) mass is 589 g/mol. The molecule has 0 heterocycles. The quantitative estimate of drug-likeness (QED) is 0.288. The average Bonchev–Trinajstić information content (AvgIpc) is 2.91. The lowest BCUT2D eigenvalue weighted by Gasteiger charge is -2.33. The second-order valence-electron chi connectivity index (χ2n) is 9.11. The Morgan fingerprint density at radius 2 is 1.62 bits per heavy atom. The van der Waals surface area contributed by atoms with Crippen LogP contribution in [0.4, 0.5) is 5.69 Å². The van der Waals surface area contributed by atoms with Gasteiger partial charge in [-0.25, -0.2) is 8.42 Å². The molecule has 0 radical (unpaired) electrons. The number of amides is 2. The number of nitrogens with zero attached hydrogens (tertiary/aromatic N) is 2. The molecule has 7 nitrogen and oxygen atoms in total. The molecule has 0 aliphatic heterocycles. The van der Waals surface area contributed by atoms with E-state index in [1.54, 1.807) is 18.2 Å². The number of hydrogen-bond donors (Lipinski definition) is 1. The van der Waals surface area contributed by atoms with Gasteiger partial charge < -0.3 is 10.2 Å². The molecule has 1 N–H and O–H groups in total. The second-order valence-corrected chi connectivity index (χ2v) is 11.8. The third-order valence-corrected chi connectivity index (χ3v) is 8.59. The van der Waals surface area contributed by atoms with Gasteiger partial charge in [-0.3, -0.25) is 13.9 Å². The lowest BCUT2D eigenvalue weighted by molar-refractivity contribution is -0.140. The van der Waals surface area contributed by atoms with Crippen LogP contribution in [0, 0.1) is 6.92 Å². The van der Waals surface area contributed by atoms with Gasteiger partial charge in [0.15, 0.2) is 0 Å². The minimum atomic E-state index is -4.20. The molecule has 0 spiro atoms. The SMILES string of the molecule is CCCNC(=O)C(CC)N(Cc1ccccc1C)C(=O)CN(c1cccc(Cl)c1)S(=O)(=O)c1ccc(Cl)cc1. The average molecular weight is 591 g/mol. The summed E-state index contributed by atoms with van der Waals surface area (Å²) >= 11 is 12.2. The first-order valence-electron chi connectivity index (χ1n) is 12.7. The minimum absolute atomic E-state index is 0.0298. The molecule has 0 aliphatic rings. The number of nitrogens with one attached hydrogen (secondary N) is 1. The Labute approximate surface area is 240 Å². The molecule has 0 saturated carbocycles. The van der Waals surface area contributed by atoms with E-state index in [2.05, 4.69) is 5.32 Å². The Hall–Kier alpha value is -3.07. The number of carbonyl (C=O) groups is 2. The summed E-state index contributed by atoms with van der Waals surface area (Å²) < 4.78 is 28.7. The molecule has 3 aromatic rings. The van der Waals surface area contributed by atoms with Gasteiger partial charge in [0.25, 0.3) is 10.0 Å². The summed E-state index contributed by atoms with van der Waals surface area (Å²) in [6, 6.07) is 18.8. The molecule has 208 valence electrons. The van der Waals surface area contributed by atoms with Crippen molar-refractivity contribution in [1.29, 1.82) is 0 Å². The van der Waals surface area contributed by atoms with Crippen LogP contribution in [0.3, 0.4) is 0 Å². The van der Waals surface area contributed by atoms with E-state index in [0.29, 0.717) is 23.0 Å². The number of halogens is 2. The van der Waals surface area contributed by atoms with Gasteiger partial charge in [0, 0.05) is 23.1 Å². The second kappa shape index (κ2) is 13.8. The highest BCUT2D eigenvalue weighted by atomic mass is 35.5. The number of rotatable bonds is 12. The number of aryl methyl sites for hydroxylation is 1. The standard InChI is InChI=1S/C29H33Cl2N3O4S/c1-4-17-32-29(36)27(5-2)33(19-22-10-7-6-9-21(22)3)28(35)20-34(25-12-8-11-24(31)18-25)39(37,38)26-15-13-23(30)14-16-26/h6-16,18,27H,4-5,17,19-20H2,1-3H3,(H,32,36). The Balaban J connectivity index is 2.06. The highest BCUT2D eigenvalue weighted by molar-refractivity contribution is 7.92. The summed E-state index contributed by atoms with van der Waals surface area (Å²) in [5.41, 5.74) is 2.05. The smallest absolute Gasteiger partial charge is 0.264 e. The summed E-state index contributed by atoms with van der Waals surface area (Å²) in [4.78, 5) is 28.6. The molecule has 0 fully saturated rings. The van der Waals surface area contributed by atoms with E-state index in [1.807, 2.05) is 45.0 Å². The summed E-state index contributed by atoms with van der Waals surface area (Å²) in [5.74, 6) is -0.801. The molecule has 39 heavy (non-hydrogen) atoms. The molecule has 0 aromatic heterocycles. The molecular formula is C29H33Cl2N3O4S. The molecule has 0 saturated heterocycles. The van der Waals surface area contributed by atoms with Crippen LogP contribution in [-0.2, 0) is 26.2 Å². The van der Waals surface area contributed by atoms with Gasteiger partial charge in [0.05, 0.1) is 10.6 Å². The van der Waals surface area contributed by atoms with Crippen LogP contribution in [0.1, 0.15) is 37.8 Å². The number of hydrogen-bond acceptors (Lipinski definition) is 4. The molecular weight excluding hydrogens is 557 g/mol. The van der Waals surface area contributed by atoms with Gasteiger partial charge >= 0.3 is 0 Å². The Morgan fingerprint density at radius 1 is 0.923 bits per heavy atom. The maximum Gasteiger partial charge on any atom is 0.264 e. The van der Waals surface area contributed by atoms with Crippen LogP contribution in [0.25, 0.3) is 0 Å². The third-order valence-electron chi connectivity index (χ3n) is 6.31. The fourth-order valence-corrected chi connectivity index (χ4v) is 5.87. The minimum Gasteiger partial charge on any atom is -0.354 e. The first kappa shape index (κ1) is 30.5. The van der Waals surface area contributed by atoms with Crippen LogP contribution in [0.2, 0.25) is 10.0 Å². The topological polar surface area (TPSA) is 86.8 Å². The molecule has 2 amide bonds. The van der Waals surface area contributed by atoms with Gasteiger partial charge in [-0.05, 0) is 73.4 Å². The molecule has 3 rings (SSSR count). The Kier molecular flexibility index (Phi) is 10.8. The first-order valence-corrected chi connectivity index (χ1v) is 14.9. The van der Waals surface area contributed by atoms with Crippen LogP contribution >= 0.6 is 23.2 Å². The predicted molar refractivity (Wildman–Crippen MR) is 157 cm³/mol. The molecule has 0 aliphatic carbocycles. The number of anilines is 1. The maximum atomic E-state index is 14.0. The predicted octanol–water partition coefficient (Wildman–Crippen LogP) is 5.83. The van der Waals surface area contributed by atoms with Crippen molar-refractivity contribution in [3.8, 4) is 0 Å². The zero-order chi connectivity index (χ0) is 28.6. The number of carbonyl (C=O) groups excluding carboxylic acids is 2. The van der Waals surface area contributed by atoms with Crippen molar-refractivity contribution in [2.45, 2.75) is 51.1 Å². The molecule has 0 bridgehead atoms. The van der Waals surface area contributed by atoms with Crippen molar-refractivity contribution < 1.29 is 18.0 Å². The lowest BCUT2D eigenvalue weighted by Crippen LogP contribution is -2.52. The van der Waals surface area contributed by atoms with Crippen molar-refractivity contribution >= 4 is 50.7 Å². The van der Waals surface area contributed by atoms with E-state index in [0.717, 1.165) is 21.9 Å². The van der Waals surface area contributed by atoms with Gasteiger partial charge in [-0.2, -0.15) is 0 Å². The molecule has 10 heteroatoms. The van der Waals surface area contributed by atoms with Crippen LogP contribution in [0.15, 0.2) is 77.7 Å². The summed E-state index contributed by atoms with van der Waals surface area (Å²) in [7, 11) is -4.20. The van der Waals surface area contributed by atoms with E-state index in [-0.39, 0.29) is 23.0 Å². The van der Waals surface area contributed by atoms with Crippen molar-refractivity contribution in [2.75, 3.05) is 17.4 Å². The van der Waals surface area contributed by atoms with Gasteiger partial charge in [-0.1, -0.05) is 67.4 Å². The van der Waals surface area contributed by atoms with Crippen molar-refractivity contribution in [1.82, 2.24) is 10.2 Å². The van der Waals surface area contributed by atoms with Crippen molar-refractivity contribution in [3.63, 3.8) is 0 Å². The Bertz CT molecular complexity index is 1400. The van der Waals surface area contributed by atoms with E-state index < -0.39 is 28.5 Å². The first-order chi connectivity index (χ1) is 18.6. The summed E-state index contributed by atoms with van der Waals surface area (Å²) in [5, 5.41) is 3.58. The van der Waals surface area contributed by atoms with E-state index in [1.165, 1.54) is 35.2 Å². The Morgan fingerprint density at radius 3 is 2.23 bits per heavy atom. The van der Waals surface area contributed by atoms with Gasteiger partial charge in [-0.15, -0.1) is 0 Å². The molecule has 1 atom stereocenters. The lowest BCUT2D eigenvalue weighted by atomic mass is 10.1. The number of sulfonamides is 1. The summed E-state index contributed by atoms with van der Waals surface area (Å²) in [6.45, 7) is 5.79. The van der Waals surface area contributed by atoms with Gasteiger partial charge in [0.2, 0.25) is 11.8 Å².